The van der Waals surface area contributed by atoms with Crippen molar-refractivity contribution in [3.63, 3.8) is 0 Å². The Morgan fingerprint density at radius 3 is 2.21 bits per heavy atom. The number of amides is 3. The van der Waals surface area contributed by atoms with Gasteiger partial charge in [0, 0.05) is 12.1 Å². The molecule has 177 valence electrons. The smallest absolute Gasteiger partial charge is 0.416 e. The van der Waals surface area contributed by atoms with Crippen molar-refractivity contribution >= 4 is 29.3 Å². The maximum absolute atomic E-state index is 12.8. The number of carbonyl (C=O) groups excluding carboxylic acids is 2. The summed E-state index contributed by atoms with van der Waals surface area (Å²) in [6.45, 7) is 0. The highest BCUT2D eigenvalue weighted by Crippen LogP contribution is 2.29. The molecule has 0 aliphatic rings. The van der Waals surface area contributed by atoms with Gasteiger partial charge in [-0.2, -0.15) is 18.2 Å². The standard InChI is InChI=1S/C22H23F3N3O5/c23-22(24,25)15-11-13-16(14-12-15)26-21(32)27-18(9-5-2-6-10-19(29)30)20(31)28(33)17-7-3-1-4-8-17/h3-4,7-8,11-14,18,33H,2,5-6,9-10H2,(H,29,30)(H2,26,27,32)/t18-/m0/s1. The number of carbonyl (C=O) groups is 3. The summed E-state index contributed by atoms with van der Waals surface area (Å²) in [6.07, 6.45) is -3.20. The van der Waals surface area contributed by atoms with Gasteiger partial charge in [0.1, 0.15) is 6.04 Å². The molecule has 0 aliphatic carbocycles. The fourth-order valence-electron chi connectivity index (χ4n) is 2.92. The molecule has 0 fully saturated rings. The van der Waals surface area contributed by atoms with Gasteiger partial charge < -0.3 is 15.7 Å². The van der Waals surface area contributed by atoms with Crippen LogP contribution in [0.2, 0.25) is 0 Å². The van der Waals surface area contributed by atoms with Crippen molar-refractivity contribution in [3.05, 3.63) is 60.2 Å². The maximum atomic E-state index is 12.8. The molecule has 33 heavy (non-hydrogen) atoms. The van der Waals surface area contributed by atoms with Gasteiger partial charge in [-0.05, 0) is 55.3 Å². The number of hydroxylamine groups is 1. The number of nitrogens with zero attached hydrogens (tertiary/aromatic N) is 1. The largest absolute Gasteiger partial charge is 0.481 e. The number of urea groups is 1. The first-order chi connectivity index (χ1) is 15.6. The third-order valence-corrected chi connectivity index (χ3v) is 4.61. The molecule has 2 rings (SSSR count). The highest BCUT2D eigenvalue weighted by molar-refractivity contribution is 5.99. The second-order valence-corrected chi connectivity index (χ2v) is 7.13. The summed E-state index contributed by atoms with van der Waals surface area (Å²) in [6, 6.07) is 10.3. The third-order valence-electron chi connectivity index (χ3n) is 4.61. The van der Waals surface area contributed by atoms with Crippen LogP contribution in [0, 0.1) is 6.07 Å². The molecule has 0 spiro atoms. The zero-order valence-electron chi connectivity index (χ0n) is 17.4. The molecule has 4 N–H and O–H groups in total. The Bertz CT molecular complexity index is 937. The Morgan fingerprint density at radius 2 is 1.64 bits per heavy atom. The molecule has 0 heterocycles. The lowest BCUT2D eigenvalue weighted by Crippen LogP contribution is -2.49. The SMILES string of the molecule is O=C(O)CCCCC[C@H](NC(=O)Nc1ccc(C(F)(F)F)cc1)C(=O)N(O)c1cc[c]cc1. The van der Waals surface area contributed by atoms with Crippen molar-refractivity contribution in [2.45, 2.75) is 44.3 Å². The van der Waals surface area contributed by atoms with E-state index in [9.17, 15) is 32.8 Å². The summed E-state index contributed by atoms with van der Waals surface area (Å²) < 4.78 is 38.0. The number of unbranched alkanes of at least 4 members (excludes halogenated alkanes) is 2. The normalized spacial score (nSPS) is 12.0. The number of anilines is 2. The maximum Gasteiger partial charge on any atom is 0.416 e. The molecular formula is C22H23F3N3O5. The van der Waals surface area contributed by atoms with Gasteiger partial charge in [0.2, 0.25) is 0 Å². The van der Waals surface area contributed by atoms with Gasteiger partial charge >= 0.3 is 18.2 Å². The molecule has 3 amide bonds. The molecule has 1 radical (unpaired) electrons. The monoisotopic (exact) mass is 466 g/mol. The second kappa shape index (κ2) is 11.9. The zero-order chi connectivity index (χ0) is 24.4. The predicted molar refractivity (Wildman–Crippen MR) is 113 cm³/mol. The lowest BCUT2D eigenvalue weighted by atomic mass is 10.1. The first-order valence-electron chi connectivity index (χ1n) is 10.0. The minimum absolute atomic E-state index is 0.0346. The van der Waals surface area contributed by atoms with Gasteiger partial charge in [-0.3, -0.25) is 14.8 Å². The number of hydrogen-bond donors (Lipinski definition) is 4. The van der Waals surface area contributed by atoms with Crippen LogP contribution >= 0.6 is 0 Å². The van der Waals surface area contributed by atoms with Crippen molar-refractivity contribution in [2.24, 2.45) is 0 Å². The summed E-state index contributed by atoms with van der Waals surface area (Å²) in [7, 11) is 0. The van der Waals surface area contributed by atoms with Crippen molar-refractivity contribution < 1.29 is 37.9 Å². The number of rotatable bonds is 10. The molecule has 8 nitrogen and oxygen atoms in total. The average molecular weight is 466 g/mol. The Hall–Kier alpha value is -3.60. The summed E-state index contributed by atoms with van der Waals surface area (Å²) in [5.41, 5.74) is -0.647. The summed E-state index contributed by atoms with van der Waals surface area (Å²) in [5, 5.41) is 24.1. The van der Waals surface area contributed by atoms with Crippen molar-refractivity contribution in [1.82, 2.24) is 5.32 Å². The summed E-state index contributed by atoms with van der Waals surface area (Å²) >= 11 is 0. The fourth-order valence-corrected chi connectivity index (χ4v) is 2.92. The van der Waals surface area contributed by atoms with Gasteiger partial charge in [0.25, 0.3) is 5.91 Å². The van der Waals surface area contributed by atoms with Crippen LogP contribution in [0.15, 0.2) is 48.5 Å². The van der Waals surface area contributed by atoms with Crippen LogP contribution in [-0.2, 0) is 15.8 Å². The number of alkyl halides is 3. The molecule has 0 bridgehead atoms. The number of hydrogen-bond acceptors (Lipinski definition) is 4. The van der Waals surface area contributed by atoms with E-state index in [0.29, 0.717) is 24.3 Å². The molecule has 2 aromatic rings. The molecule has 0 saturated carbocycles. The van der Waals surface area contributed by atoms with Crippen molar-refractivity contribution in [3.8, 4) is 0 Å². The van der Waals surface area contributed by atoms with E-state index in [2.05, 4.69) is 16.7 Å². The van der Waals surface area contributed by atoms with Crippen LogP contribution in [0.25, 0.3) is 0 Å². The molecule has 0 saturated heterocycles. The van der Waals surface area contributed by atoms with Crippen LogP contribution in [0.3, 0.4) is 0 Å². The first-order valence-corrected chi connectivity index (χ1v) is 10.0. The van der Waals surface area contributed by atoms with Gasteiger partial charge in [-0.25, -0.2) is 4.79 Å². The van der Waals surface area contributed by atoms with Crippen LogP contribution in [0.1, 0.15) is 37.7 Å². The van der Waals surface area contributed by atoms with E-state index >= 15 is 0 Å². The van der Waals surface area contributed by atoms with Gasteiger partial charge in [0.05, 0.1) is 11.3 Å². The highest BCUT2D eigenvalue weighted by atomic mass is 19.4. The first kappa shape index (κ1) is 25.7. The summed E-state index contributed by atoms with van der Waals surface area (Å²) in [5.74, 6) is -1.78. The van der Waals surface area contributed by atoms with E-state index in [-0.39, 0.29) is 24.2 Å². The van der Waals surface area contributed by atoms with Crippen LogP contribution in [0.4, 0.5) is 29.3 Å². The van der Waals surface area contributed by atoms with E-state index in [4.69, 9.17) is 5.11 Å². The fraction of sp³-hybridized carbons (Fsp3) is 0.318. The Labute approximate surface area is 188 Å². The van der Waals surface area contributed by atoms with Crippen LogP contribution in [-0.4, -0.2) is 34.3 Å². The average Bonchev–Trinajstić information content (AvgIpc) is 2.77. The van der Waals surface area contributed by atoms with E-state index in [0.717, 1.165) is 24.3 Å². The quantitative estimate of drug-likeness (QED) is 0.234. The van der Waals surface area contributed by atoms with Crippen LogP contribution < -0.4 is 15.7 Å². The van der Waals surface area contributed by atoms with Gasteiger partial charge in [0.15, 0.2) is 0 Å². The molecule has 2 aromatic carbocycles. The molecule has 0 unspecified atom stereocenters. The Balaban J connectivity index is 2.04. The molecular weight excluding hydrogens is 443 g/mol. The highest BCUT2D eigenvalue weighted by Gasteiger charge is 2.30. The molecule has 0 aliphatic heterocycles. The van der Waals surface area contributed by atoms with Crippen LogP contribution in [0.5, 0.6) is 0 Å². The lowest BCUT2D eigenvalue weighted by Gasteiger charge is -2.23. The number of carboxylic acids is 1. The van der Waals surface area contributed by atoms with Crippen molar-refractivity contribution in [1.29, 1.82) is 0 Å². The number of benzene rings is 2. The molecule has 11 heteroatoms. The number of carboxylic acid groups (broad SMARTS) is 1. The number of nitrogens with one attached hydrogen (secondary N) is 2. The second-order valence-electron chi connectivity index (χ2n) is 7.13. The van der Waals surface area contributed by atoms with E-state index < -0.39 is 35.7 Å². The van der Waals surface area contributed by atoms with E-state index in [1.807, 2.05) is 0 Å². The van der Waals surface area contributed by atoms with Gasteiger partial charge in [-0.1, -0.05) is 25.0 Å². The van der Waals surface area contributed by atoms with Crippen molar-refractivity contribution in [2.75, 3.05) is 10.4 Å². The van der Waals surface area contributed by atoms with Gasteiger partial charge in [-0.15, -0.1) is 0 Å². The number of aliphatic carboxylic acids is 1. The summed E-state index contributed by atoms with van der Waals surface area (Å²) in [4.78, 5) is 35.8. The zero-order valence-corrected chi connectivity index (χ0v) is 17.4. The third kappa shape index (κ3) is 8.45. The lowest BCUT2D eigenvalue weighted by molar-refractivity contribution is -0.138. The predicted octanol–water partition coefficient (Wildman–Crippen LogP) is 4.45. The van der Waals surface area contributed by atoms with E-state index in [1.54, 1.807) is 0 Å². The minimum Gasteiger partial charge on any atom is -0.481 e. The Kier molecular flexibility index (Phi) is 9.22. The molecule has 1 atom stereocenters. The molecule has 0 aromatic heterocycles. The number of halogens is 3. The van der Waals surface area contributed by atoms with E-state index in [1.165, 1.54) is 24.3 Å². The Morgan fingerprint density at radius 1 is 1.00 bits per heavy atom. The topological polar surface area (TPSA) is 119 Å². The minimum atomic E-state index is -4.52.